The molecule has 1 unspecified atom stereocenters. The summed E-state index contributed by atoms with van der Waals surface area (Å²) in [5.74, 6) is 0. The van der Waals surface area contributed by atoms with Gasteiger partial charge in [-0.2, -0.15) is 0 Å². The molecule has 18 heavy (non-hydrogen) atoms. The van der Waals surface area contributed by atoms with Gasteiger partial charge in [-0.25, -0.2) is 0 Å². The highest BCUT2D eigenvalue weighted by Gasteiger charge is 2.29. The molecule has 3 heteroatoms. The second-order valence-electron chi connectivity index (χ2n) is 5.56. The lowest BCUT2D eigenvalue weighted by Gasteiger charge is -2.28. The van der Waals surface area contributed by atoms with Crippen LogP contribution in [0.1, 0.15) is 24.8 Å². The zero-order valence-corrected chi connectivity index (χ0v) is 11.8. The van der Waals surface area contributed by atoms with Crippen LogP contribution in [0.2, 0.25) is 5.02 Å². The lowest BCUT2D eigenvalue weighted by Crippen LogP contribution is -2.36. The van der Waals surface area contributed by atoms with Gasteiger partial charge in [0, 0.05) is 36.4 Å². The molecular weight excluding hydrogens is 244 g/mol. The van der Waals surface area contributed by atoms with E-state index in [-0.39, 0.29) is 0 Å². The molecule has 0 amide bonds. The van der Waals surface area contributed by atoms with Crippen LogP contribution in [0.5, 0.6) is 0 Å². The molecule has 2 aliphatic rings. The Morgan fingerprint density at radius 2 is 2.00 bits per heavy atom. The van der Waals surface area contributed by atoms with Crippen molar-refractivity contribution in [2.75, 3.05) is 31.1 Å². The number of halogens is 1. The largest absolute Gasteiger partial charge is 0.370 e. The van der Waals surface area contributed by atoms with Crippen LogP contribution in [0, 0.1) is 6.92 Å². The highest BCUT2D eigenvalue weighted by molar-refractivity contribution is 6.30. The smallest absolute Gasteiger partial charge is 0.0410 e. The summed E-state index contributed by atoms with van der Waals surface area (Å²) in [7, 11) is 0. The van der Waals surface area contributed by atoms with Crippen LogP contribution < -0.4 is 4.90 Å². The monoisotopic (exact) mass is 264 g/mol. The maximum Gasteiger partial charge on any atom is 0.0410 e. The van der Waals surface area contributed by atoms with Gasteiger partial charge in [-0.1, -0.05) is 11.6 Å². The normalized spacial score (nSPS) is 25.0. The number of aryl methyl sites for hydroxylation is 1. The molecule has 0 saturated carbocycles. The minimum Gasteiger partial charge on any atom is -0.370 e. The molecule has 3 rings (SSSR count). The molecule has 0 radical (unpaired) electrons. The molecule has 2 nitrogen and oxygen atoms in total. The molecule has 2 fully saturated rings. The van der Waals surface area contributed by atoms with Crippen molar-refractivity contribution in [3.05, 3.63) is 28.8 Å². The quantitative estimate of drug-likeness (QED) is 0.768. The molecule has 98 valence electrons. The van der Waals surface area contributed by atoms with Gasteiger partial charge in [0.25, 0.3) is 0 Å². The molecule has 0 bridgehead atoms. The molecule has 2 heterocycles. The Labute approximate surface area is 115 Å². The van der Waals surface area contributed by atoms with Gasteiger partial charge in [0.05, 0.1) is 0 Å². The third kappa shape index (κ3) is 2.36. The Hall–Kier alpha value is -0.730. The summed E-state index contributed by atoms with van der Waals surface area (Å²) in [5, 5.41) is 0.841. The fraction of sp³-hybridized carbons (Fsp3) is 0.600. The van der Waals surface area contributed by atoms with Gasteiger partial charge in [-0.3, -0.25) is 4.90 Å². The van der Waals surface area contributed by atoms with Gasteiger partial charge in [0.1, 0.15) is 0 Å². The molecule has 0 aromatic heterocycles. The van der Waals surface area contributed by atoms with Crippen molar-refractivity contribution < 1.29 is 0 Å². The minimum absolute atomic E-state index is 0.766. The van der Waals surface area contributed by atoms with Crippen LogP contribution in [0.4, 0.5) is 5.69 Å². The standard InChI is InChI=1S/C15H21ClN2/c1-12-10-13(16)5-6-15(12)18-9-3-8-17-7-2-4-14(17)11-18/h5-6,10,14H,2-4,7-9,11H2,1H3. The van der Waals surface area contributed by atoms with E-state index in [1.807, 2.05) is 6.07 Å². The average molecular weight is 265 g/mol. The third-order valence-corrected chi connectivity index (χ3v) is 4.54. The van der Waals surface area contributed by atoms with Gasteiger partial charge in [0.15, 0.2) is 0 Å². The van der Waals surface area contributed by atoms with E-state index in [0.29, 0.717) is 0 Å². The Bertz CT molecular complexity index is 433. The average Bonchev–Trinajstić information content (AvgIpc) is 2.67. The summed E-state index contributed by atoms with van der Waals surface area (Å²) >= 11 is 6.05. The first-order valence-electron chi connectivity index (χ1n) is 6.99. The van der Waals surface area contributed by atoms with Gasteiger partial charge < -0.3 is 4.90 Å². The molecular formula is C15H21ClN2. The van der Waals surface area contributed by atoms with Crippen molar-refractivity contribution in [3.63, 3.8) is 0 Å². The van der Waals surface area contributed by atoms with Crippen LogP contribution in [0.25, 0.3) is 0 Å². The summed E-state index contributed by atoms with van der Waals surface area (Å²) in [6, 6.07) is 7.04. The van der Waals surface area contributed by atoms with Gasteiger partial charge in [-0.15, -0.1) is 0 Å². The van der Waals surface area contributed by atoms with Crippen molar-refractivity contribution in [1.82, 2.24) is 4.90 Å². The predicted molar refractivity (Wildman–Crippen MR) is 77.6 cm³/mol. The topological polar surface area (TPSA) is 6.48 Å². The number of rotatable bonds is 1. The Kier molecular flexibility index (Phi) is 3.49. The maximum absolute atomic E-state index is 6.05. The van der Waals surface area contributed by atoms with E-state index in [1.165, 1.54) is 56.7 Å². The predicted octanol–water partition coefficient (Wildman–Crippen LogP) is 3.32. The molecule has 2 aliphatic heterocycles. The Morgan fingerprint density at radius 1 is 1.17 bits per heavy atom. The maximum atomic E-state index is 6.05. The lowest BCUT2D eigenvalue weighted by atomic mass is 10.1. The van der Waals surface area contributed by atoms with E-state index in [9.17, 15) is 0 Å². The van der Waals surface area contributed by atoms with E-state index < -0.39 is 0 Å². The van der Waals surface area contributed by atoms with Crippen LogP contribution in [0.15, 0.2) is 18.2 Å². The van der Waals surface area contributed by atoms with Crippen LogP contribution >= 0.6 is 11.6 Å². The summed E-state index contributed by atoms with van der Waals surface area (Å²) in [6.45, 7) is 7.10. The number of benzene rings is 1. The number of fused-ring (bicyclic) bond motifs is 1. The van der Waals surface area contributed by atoms with Gasteiger partial charge in [-0.05, 0) is 56.5 Å². The number of hydrogen-bond donors (Lipinski definition) is 0. The fourth-order valence-electron chi connectivity index (χ4n) is 3.40. The fourth-order valence-corrected chi connectivity index (χ4v) is 3.63. The minimum atomic E-state index is 0.766. The second-order valence-corrected chi connectivity index (χ2v) is 6.00. The summed E-state index contributed by atoms with van der Waals surface area (Å²) in [5.41, 5.74) is 2.67. The second kappa shape index (κ2) is 5.10. The number of anilines is 1. The van der Waals surface area contributed by atoms with Gasteiger partial charge >= 0.3 is 0 Å². The summed E-state index contributed by atoms with van der Waals surface area (Å²) in [4.78, 5) is 5.23. The van der Waals surface area contributed by atoms with E-state index in [1.54, 1.807) is 0 Å². The Balaban J connectivity index is 1.82. The van der Waals surface area contributed by atoms with E-state index in [4.69, 9.17) is 11.6 Å². The van der Waals surface area contributed by atoms with Crippen molar-refractivity contribution in [3.8, 4) is 0 Å². The van der Waals surface area contributed by atoms with Crippen LogP contribution in [-0.2, 0) is 0 Å². The first-order chi connectivity index (χ1) is 8.74. The SMILES string of the molecule is Cc1cc(Cl)ccc1N1CCCN2CCCC2C1. The Morgan fingerprint density at radius 3 is 2.83 bits per heavy atom. The molecule has 1 aromatic carbocycles. The third-order valence-electron chi connectivity index (χ3n) is 4.30. The van der Waals surface area contributed by atoms with Gasteiger partial charge in [0.2, 0.25) is 0 Å². The highest BCUT2D eigenvalue weighted by Crippen LogP contribution is 2.28. The number of hydrogen-bond acceptors (Lipinski definition) is 2. The highest BCUT2D eigenvalue weighted by atomic mass is 35.5. The zero-order valence-electron chi connectivity index (χ0n) is 11.0. The van der Waals surface area contributed by atoms with Crippen LogP contribution in [0.3, 0.4) is 0 Å². The number of nitrogens with zero attached hydrogens (tertiary/aromatic N) is 2. The summed E-state index contributed by atoms with van der Waals surface area (Å²) in [6.07, 6.45) is 4.01. The first kappa shape index (κ1) is 12.3. The molecule has 1 aromatic rings. The molecule has 0 N–H and O–H groups in total. The van der Waals surface area contributed by atoms with Crippen molar-refractivity contribution in [2.24, 2.45) is 0 Å². The van der Waals surface area contributed by atoms with Crippen molar-refractivity contribution >= 4 is 17.3 Å². The molecule has 1 atom stereocenters. The van der Waals surface area contributed by atoms with Crippen molar-refractivity contribution in [1.29, 1.82) is 0 Å². The molecule has 0 aliphatic carbocycles. The lowest BCUT2D eigenvalue weighted by molar-refractivity contribution is 0.273. The molecule has 2 saturated heterocycles. The van der Waals surface area contributed by atoms with E-state index in [0.717, 1.165) is 11.1 Å². The molecule has 0 spiro atoms. The van der Waals surface area contributed by atoms with Crippen molar-refractivity contribution in [2.45, 2.75) is 32.2 Å². The zero-order chi connectivity index (χ0) is 12.5. The first-order valence-corrected chi connectivity index (χ1v) is 7.37. The summed E-state index contributed by atoms with van der Waals surface area (Å²) < 4.78 is 0. The van der Waals surface area contributed by atoms with E-state index >= 15 is 0 Å². The van der Waals surface area contributed by atoms with E-state index in [2.05, 4.69) is 28.9 Å². The van der Waals surface area contributed by atoms with Crippen LogP contribution in [-0.4, -0.2) is 37.1 Å².